The molecule has 1 atom stereocenters. The van der Waals surface area contributed by atoms with Crippen LogP contribution in [0.4, 0.5) is 24.8 Å². The monoisotopic (exact) mass is 514 g/mol. The summed E-state index contributed by atoms with van der Waals surface area (Å²) in [6.07, 6.45) is -1.68. The van der Waals surface area contributed by atoms with E-state index in [0.717, 1.165) is 33.8 Å². The predicted molar refractivity (Wildman–Crippen MR) is 129 cm³/mol. The largest absolute Gasteiger partial charge is 0.478 e. The Morgan fingerprint density at radius 1 is 1.08 bits per heavy atom. The highest BCUT2D eigenvalue weighted by atomic mass is 32.1. The van der Waals surface area contributed by atoms with Crippen molar-refractivity contribution in [3.63, 3.8) is 0 Å². The van der Waals surface area contributed by atoms with Gasteiger partial charge in [-0.2, -0.15) is 13.2 Å². The Kier molecular flexibility index (Phi) is 6.79. The molecule has 0 radical (unpaired) electrons. The second-order valence-corrected chi connectivity index (χ2v) is 9.49. The van der Waals surface area contributed by atoms with E-state index in [1.54, 1.807) is 37.4 Å². The first kappa shape index (κ1) is 25.3. The van der Waals surface area contributed by atoms with Crippen LogP contribution < -0.4 is 5.32 Å². The van der Waals surface area contributed by atoms with Crippen LogP contribution in [-0.4, -0.2) is 31.1 Å². The first-order valence-electron chi connectivity index (χ1n) is 10.7. The van der Waals surface area contributed by atoms with E-state index >= 15 is 0 Å². The van der Waals surface area contributed by atoms with Crippen molar-refractivity contribution < 1.29 is 28.2 Å². The number of aryl methyl sites for hydroxylation is 1. The predicted octanol–water partition coefficient (Wildman–Crippen LogP) is 5.82. The van der Waals surface area contributed by atoms with Gasteiger partial charge < -0.3 is 15.5 Å². The minimum Gasteiger partial charge on any atom is -0.478 e. The first-order valence-corrected chi connectivity index (χ1v) is 11.5. The van der Waals surface area contributed by atoms with Crippen molar-refractivity contribution in [2.45, 2.75) is 32.0 Å². The standard InChI is InChI=1S/C25H21F3N4O3S/c1-14-9-17(11-18(10-14)31-23-29-8-7-20(32-23)25(26,27)28)19-13-30-22(36-19)24(2,35)12-15-3-5-16(6-4-15)21(33)34/h3-11,13,35H,12H2,1-2H3,(H,33,34)(H,29,31,32). The van der Waals surface area contributed by atoms with Crippen molar-refractivity contribution in [2.75, 3.05) is 5.32 Å². The summed E-state index contributed by atoms with van der Waals surface area (Å²) in [4.78, 5) is 23.6. The molecule has 4 aromatic rings. The zero-order valence-electron chi connectivity index (χ0n) is 19.2. The van der Waals surface area contributed by atoms with Crippen LogP contribution >= 0.6 is 11.3 Å². The van der Waals surface area contributed by atoms with Gasteiger partial charge in [0.15, 0.2) is 0 Å². The van der Waals surface area contributed by atoms with Gasteiger partial charge in [0.1, 0.15) is 16.3 Å². The van der Waals surface area contributed by atoms with Crippen molar-refractivity contribution in [3.05, 3.63) is 88.3 Å². The molecule has 0 amide bonds. The second kappa shape index (κ2) is 9.67. The van der Waals surface area contributed by atoms with E-state index in [2.05, 4.69) is 20.3 Å². The summed E-state index contributed by atoms with van der Waals surface area (Å²) in [6.45, 7) is 3.48. The molecule has 2 aromatic carbocycles. The van der Waals surface area contributed by atoms with Gasteiger partial charge in [-0.05, 0) is 60.9 Å². The molecule has 186 valence electrons. The molecule has 0 aliphatic carbocycles. The molecule has 0 saturated carbocycles. The molecule has 4 rings (SSSR count). The average molecular weight is 515 g/mol. The molecule has 11 heteroatoms. The van der Waals surface area contributed by atoms with E-state index in [-0.39, 0.29) is 17.9 Å². The molecule has 0 aliphatic heterocycles. The van der Waals surface area contributed by atoms with Crippen molar-refractivity contribution in [1.82, 2.24) is 15.0 Å². The zero-order valence-corrected chi connectivity index (χ0v) is 20.0. The lowest BCUT2D eigenvalue weighted by Crippen LogP contribution is -2.24. The fourth-order valence-electron chi connectivity index (χ4n) is 3.60. The maximum atomic E-state index is 13.0. The molecule has 0 bridgehead atoms. The minimum atomic E-state index is -4.58. The molecule has 7 nitrogen and oxygen atoms in total. The molecule has 0 fully saturated rings. The number of thiazole rings is 1. The molecule has 0 aliphatic rings. The summed E-state index contributed by atoms with van der Waals surface area (Å²) >= 11 is 1.29. The number of nitrogens with one attached hydrogen (secondary N) is 1. The number of alkyl halides is 3. The molecule has 2 heterocycles. The molecular formula is C25H21F3N4O3S. The van der Waals surface area contributed by atoms with Crippen LogP contribution in [0.3, 0.4) is 0 Å². The van der Waals surface area contributed by atoms with Crippen molar-refractivity contribution in [3.8, 4) is 10.4 Å². The molecule has 36 heavy (non-hydrogen) atoms. The van der Waals surface area contributed by atoms with Gasteiger partial charge in [0.25, 0.3) is 0 Å². The highest BCUT2D eigenvalue weighted by Gasteiger charge is 2.33. The number of carboxylic acid groups (broad SMARTS) is 1. The number of hydrogen-bond donors (Lipinski definition) is 3. The Morgan fingerprint density at radius 3 is 2.47 bits per heavy atom. The summed E-state index contributed by atoms with van der Waals surface area (Å²) in [5.74, 6) is -1.20. The summed E-state index contributed by atoms with van der Waals surface area (Å²) < 4.78 is 38.9. The van der Waals surface area contributed by atoms with E-state index in [9.17, 15) is 23.1 Å². The van der Waals surface area contributed by atoms with E-state index in [1.807, 2.05) is 13.0 Å². The number of carbonyl (C=O) groups is 1. The lowest BCUT2D eigenvalue weighted by atomic mass is 9.96. The van der Waals surface area contributed by atoms with Gasteiger partial charge >= 0.3 is 12.1 Å². The van der Waals surface area contributed by atoms with Gasteiger partial charge in [0, 0.05) is 24.5 Å². The summed E-state index contributed by atoms with van der Waals surface area (Å²) in [6, 6.07) is 12.5. The zero-order chi connectivity index (χ0) is 26.1. The Balaban J connectivity index is 1.55. The topological polar surface area (TPSA) is 108 Å². The Hall–Kier alpha value is -3.83. The van der Waals surface area contributed by atoms with Crippen LogP contribution in [0.25, 0.3) is 10.4 Å². The normalized spacial score (nSPS) is 13.3. The van der Waals surface area contributed by atoms with E-state index < -0.39 is 23.4 Å². The molecule has 3 N–H and O–H groups in total. The van der Waals surface area contributed by atoms with Gasteiger partial charge in [-0.15, -0.1) is 11.3 Å². The number of hydrogen-bond acceptors (Lipinski definition) is 7. The van der Waals surface area contributed by atoms with E-state index in [0.29, 0.717) is 10.7 Å². The Bertz CT molecular complexity index is 1400. The van der Waals surface area contributed by atoms with Crippen molar-refractivity contribution >= 4 is 28.9 Å². The maximum absolute atomic E-state index is 13.0. The smallest absolute Gasteiger partial charge is 0.433 e. The number of halogens is 3. The molecule has 1 unspecified atom stereocenters. The van der Waals surface area contributed by atoms with Crippen LogP contribution in [0.1, 0.15) is 39.1 Å². The number of rotatable bonds is 7. The van der Waals surface area contributed by atoms with E-state index in [1.165, 1.54) is 23.5 Å². The van der Waals surface area contributed by atoms with Gasteiger partial charge in [-0.25, -0.2) is 19.7 Å². The molecular weight excluding hydrogens is 493 g/mol. The fourth-order valence-corrected chi connectivity index (χ4v) is 4.55. The third-order valence-corrected chi connectivity index (χ3v) is 6.58. The quantitative estimate of drug-likeness (QED) is 0.285. The van der Waals surface area contributed by atoms with Crippen LogP contribution in [0.2, 0.25) is 0 Å². The highest BCUT2D eigenvalue weighted by Crippen LogP contribution is 2.36. The second-order valence-electron chi connectivity index (χ2n) is 8.46. The SMILES string of the molecule is Cc1cc(Nc2nccc(C(F)(F)F)n2)cc(-c2cnc(C(C)(O)Cc3ccc(C(=O)O)cc3)s2)c1. The summed E-state index contributed by atoms with van der Waals surface area (Å²) in [5.41, 5.74) is 0.686. The summed E-state index contributed by atoms with van der Waals surface area (Å²) in [7, 11) is 0. The van der Waals surface area contributed by atoms with Crippen molar-refractivity contribution in [2.24, 2.45) is 0 Å². The number of benzene rings is 2. The van der Waals surface area contributed by atoms with Crippen LogP contribution in [0.15, 0.2) is 60.9 Å². The number of aromatic nitrogens is 3. The highest BCUT2D eigenvalue weighted by molar-refractivity contribution is 7.15. The first-order chi connectivity index (χ1) is 16.9. The molecule has 0 spiro atoms. The third-order valence-electron chi connectivity index (χ3n) is 5.28. The van der Waals surface area contributed by atoms with Crippen LogP contribution in [0, 0.1) is 6.92 Å². The van der Waals surface area contributed by atoms with Gasteiger partial charge in [-0.3, -0.25) is 0 Å². The fraction of sp³-hybridized carbons (Fsp3) is 0.200. The number of carboxylic acids is 1. The number of aliphatic hydroxyl groups is 1. The third kappa shape index (κ3) is 5.86. The Labute approximate surface area is 208 Å². The number of anilines is 2. The van der Waals surface area contributed by atoms with Crippen LogP contribution in [-0.2, 0) is 18.2 Å². The van der Waals surface area contributed by atoms with Gasteiger partial charge in [0.2, 0.25) is 5.95 Å². The Morgan fingerprint density at radius 2 is 1.81 bits per heavy atom. The average Bonchev–Trinajstić information content (AvgIpc) is 3.30. The number of nitrogens with zero attached hydrogens (tertiary/aromatic N) is 3. The maximum Gasteiger partial charge on any atom is 0.433 e. The van der Waals surface area contributed by atoms with E-state index in [4.69, 9.17) is 5.11 Å². The van der Waals surface area contributed by atoms with Gasteiger partial charge in [-0.1, -0.05) is 18.2 Å². The summed E-state index contributed by atoms with van der Waals surface area (Å²) in [5, 5.41) is 23.4. The minimum absolute atomic E-state index is 0.161. The lowest BCUT2D eigenvalue weighted by Gasteiger charge is -2.20. The van der Waals surface area contributed by atoms with Crippen molar-refractivity contribution in [1.29, 1.82) is 0 Å². The lowest BCUT2D eigenvalue weighted by molar-refractivity contribution is -0.141. The van der Waals surface area contributed by atoms with Crippen LogP contribution in [0.5, 0.6) is 0 Å². The number of aromatic carboxylic acids is 1. The molecule has 0 saturated heterocycles. The van der Waals surface area contributed by atoms with Gasteiger partial charge in [0.05, 0.1) is 10.4 Å². The molecule has 2 aromatic heterocycles.